The van der Waals surface area contributed by atoms with Crippen LogP contribution in [0.2, 0.25) is 0 Å². The van der Waals surface area contributed by atoms with E-state index in [9.17, 15) is 27.7 Å². The van der Waals surface area contributed by atoms with Crippen LogP contribution in [-0.2, 0) is 14.8 Å². The van der Waals surface area contributed by atoms with Gasteiger partial charge < -0.3 is 5.32 Å². The van der Waals surface area contributed by atoms with Crippen LogP contribution in [0.1, 0.15) is 0 Å². The lowest BCUT2D eigenvalue weighted by Crippen LogP contribution is -2.49. The Morgan fingerprint density at radius 2 is 2.10 bits per heavy atom. The lowest BCUT2D eigenvalue weighted by atomic mass is 10.3. The summed E-state index contributed by atoms with van der Waals surface area (Å²) in [6.45, 7) is -0.299. The molecule has 1 amide bonds. The molecule has 0 aromatic heterocycles. The molecule has 1 aliphatic heterocycles. The highest BCUT2D eigenvalue weighted by atomic mass is 32.2. The second-order valence-electron chi connectivity index (χ2n) is 4.06. The van der Waals surface area contributed by atoms with Crippen molar-refractivity contribution in [2.75, 3.05) is 19.6 Å². The summed E-state index contributed by atoms with van der Waals surface area (Å²) in [5.41, 5.74) is -0.851. The first-order chi connectivity index (χ1) is 9.32. The molecule has 0 radical (unpaired) electrons. The van der Waals surface area contributed by atoms with E-state index in [0.29, 0.717) is 6.07 Å². The molecule has 1 aliphatic rings. The summed E-state index contributed by atoms with van der Waals surface area (Å²) in [6, 6.07) is 2.19. The van der Waals surface area contributed by atoms with Crippen molar-refractivity contribution in [2.24, 2.45) is 0 Å². The van der Waals surface area contributed by atoms with Gasteiger partial charge in [-0.05, 0) is 12.1 Å². The van der Waals surface area contributed by atoms with Crippen molar-refractivity contribution < 1.29 is 22.5 Å². The molecule has 0 saturated carbocycles. The largest absolute Gasteiger partial charge is 0.354 e. The first kappa shape index (κ1) is 14.3. The maximum Gasteiger partial charge on any atom is 0.292 e. The van der Waals surface area contributed by atoms with Crippen LogP contribution < -0.4 is 5.32 Å². The van der Waals surface area contributed by atoms with Gasteiger partial charge >= 0.3 is 0 Å². The molecule has 20 heavy (non-hydrogen) atoms. The summed E-state index contributed by atoms with van der Waals surface area (Å²) in [5, 5.41) is 13.3. The third-order valence-electron chi connectivity index (χ3n) is 2.74. The average molecular weight is 303 g/mol. The molecule has 1 fully saturated rings. The summed E-state index contributed by atoms with van der Waals surface area (Å²) in [5.74, 6) is -1.41. The van der Waals surface area contributed by atoms with Crippen LogP contribution in [0.3, 0.4) is 0 Å². The van der Waals surface area contributed by atoms with Crippen molar-refractivity contribution >= 4 is 21.6 Å². The van der Waals surface area contributed by atoms with Gasteiger partial charge in [-0.25, -0.2) is 12.8 Å². The zero-order chi connectivity index (χ0) is 14.9. The topological polar surface area (TPSA) is 110 Å². The summed E-state index contributed by atoms with van der Waals surface area (Å²) >= 11 is 0. The number of halogens is 1. The average Bonchev–Trinajstić information content (AvgIpc) is 2.38. The number of carbonyl (C=O) groups is 1. The number of amides is 1. The van der Waals surface area contributed by atoms with Gasteiger partial charge in [-0.15, -0.1) is 0 Å². The molecule has 1 aromatic carbocycles. The molecule has 1 saturated heterocycles. The van der Waals surface area contributed by atoms with E-state index in [2.05, 4.69) is 5.32 Å². The Morgan fingerprint density at radius 1 is 1.40 bits per heavy atom. The molecular weight excluding hydrogens is 293 g/mol. The molecule has 0 aliphatic carbocycles. The Labute approximate surface area is 113 Å². The van der Waals surface area contributed by atoms with Gasteiger partial charge in [0.25, 0.3) is 5.69 Å². The van der Waals surface area contributed by atoms with Crippen molar-refractivity contribution in [3.8, 4) is 0 Å². The van der Waals surface area contributed by atoms with Crippen molar-refractivity contribution in [1.82, 2.24) is 9.62 Å². The van der Waals surface area contributed by atoms with Crippen LogP contribution >= 0.6 is 0 Å². The van der Waals surface area contributed by atoms with Gasteiger partial charge in [0.2, 0.25) is 15.9 Å². The number of piperazine rings is 1. The molecule has 1 N–H and O–H groups in total. The van der Waals surface area contributed by atoms with Gasteiger partial charge in [0.05, 0.1) is 17.5 Å². The minimum absolute atomic E-state index is 0.00258. The third kappa shape index (κ3) is 2.60. The van der Waals surface area contributed by atoms with Crippen molar-refractivity contribution in [3.05, 3.63) is 34.1 Å². The SMILES string of the molecule is O=C1CN(S(=O)(=O)c2ccc(F)cc2[N+](=O)[O-])CCN1. The number of nitro groups is 1. The summed E-state index contributed by atoms with van der Waals surface area (Å²) in [4.78, 5) is 20.5. The van der Waals surface area contributed by atoms with E-state index < -0.39 is 43.8 Å². The molecule has 8 nitrogen and oxygen atoms in total. The minimum Gasteiger partial charge on any atom is -0.354 e. The maximum absolute atomic E-state index is 13.0. The van der Waals surface area contributed by atoms with Crippen molar-refractivity contribution in [1.29, 1.82) is 0 Å². The quantitative estimate of drug-likeness (QED) is 0.617. The first-order valence-corrected chi connectivity index (χ1v) is 6.97. The number of hydrogen-bond acceptors (Lipinski definition) is 5. The van der Waals surface area contributed by atoms with Crippen LogP contribution in [0.15, 0.2) is 23.1 Å². The second-order valence-corrected chi connectivity index (χ2v) is 5.96. The maximum atomic E-state index is 13.0. The zero-order valence-electron chi connectivity index (χ0n) is 10.1. The van der Waals surface area contributed by atoms with Gasteiger partial charge in [-0.3, -0.25) is 14.9 Å². The van der Waals surface area contributed by atoms with Gasteiger partial charge in [0.15, 0.2) is 4.90 Å². The predicted molar refractivity (Wildman–Crippen MR) is 64.8 cm³/mol. The van der Waals surface area contributed by atoms with E-state index in [-0.39, 0.29) is 13.1 Å². The number of nitrogens with one attached hydrogen (secondary N) is 1. The number of carbonyl (C=O) groups excluding carboxylic acids is 1. The summed E-state index contributed by atoms with van der Waals surface area (Å²) in [7, 11) is -4.22. The smallest absolute Gasteiger partial charge is 0.292 e. The Hall–Kier alpha value is -2.07. The fraction of sp³-hybridized carbons (Fsp3) is 0.300. The van der Waals surface area contributed by atoms with Crippen molar-refractivity contribution in [2.45, 2.75) is 4.90 Å². The normalized spacial score (nSPS) is 16.8. The van der Waals surface area contributed by atoms with Crippen LogP contribution in [0, 0.1) is 15.9 Å². The van der Waals surface area contributed by atoms with Gasteiger partial charge in [0, 0.05) is 13.1 Å². The van der Waals surface area contributed by atoms with Gasteiger partial charge in [0.1, 0.15) is 5.82 Å². The van der Waals surface area contributed by atoms with E-state index in [0.717, 1.165) is 16.4 Å². The Morgan fingerprint density at radius 3 is 2.70 bits per heavy atom. The number of rotatable bonds is 3. The molecular formula is C10H10FN3O5S. The Kier molecular flexibility index (Phi) is 3.68. The number of sulfonamides is 1. The molecule has 0 spiro atoms. The van der Waals surface area contributed by atoms with Crippen LogP contribution in [0.25, 0.3) is 0 Å². The van der Waals surface area contributed by atoms with E-state index in [1.54, 1.807) is 0 Å². The van der Waals surface area contributed by atoms with E-state index in [1.165, 1.54) is 0 Å². The van der Waals surface area contributed by atoms with E-state index in [1.807, 2.05) is 0 Å². The highest BCUT2D eigenvalue weighted by Gasteiger charge is 2.34. The molecule has 0 unspecified atom stereocenters. The van der Waals surface area contributed by atoms with Crippen LogP contribution in [0.5, 0.6) is 0 Å². The second kappa shape index (κ2) is 5.13. The first-order valence-electron chi connectivity index (χ1n) is 5.53. The lowest BCUT2D eigenvalue weighted by molar-refractivity contribution is -0.388. The van der Waals surface area contributed by atoms with E-state index in [4.69, 9.17) is 0 Å². The predicted octanol–water partition coefficient (Wildman–Crippen LogP) is -0.146. The monoisotopic (exact) mass is 303 g/mol. The number of nitro benzene ring substituents is 1. The molecule has 0 bridgehead atoms. The van der Waals surface area contributed by atoms with E-state index >= 15 is 0 Å². The van der Waals surface area contributed by atoms with Crippen molar-refractivity contribution in [3.63, 3.8) is 0 Å². The Balaban J connectivity index is 2.49. The minimum atomic E-state index is -4.22. The molecule has 2 rings (SSSR count). The Bertz CT molecular complexity index is 675. The number of hydrogen-bond donors (Lipinski definition) is 1. The standard InChI is InChI=1S/C10H10FN3O5S/c11-7-1-2-9(8(5-7)14(16)17)20(18,19)13-4-3-12-10(15)6-13/h1-2,5H,3-4,6H2,(H,12,15). The zero-order valence-corrected chi connectivity index (χ0v) is 10.9. The fourth-order valence-corrected chi connectivity index (χ4v) is 3.35. The van der Waals surface area contributed by atoms with Crippen LogP contribution in [0.4, 0.5) is 10.1 Å². The van der Waals surface area contributed by atoms with Crippen LogP contribution in [-0.4, -0.2) is 43.2 Å². The highest BCUT2D eigenvalue weighted by molar-refractivity contribution is 7.89. The third-order valence-corrected chi connectivity index (χ3v) is 4.63. The molecule has 0 atom stereocenters. The summed E-state index contributed by atoms with van der Waals surface area (Å²) in [6.07, 6.45) is 0. The molecule has 10 heteroatoms. The highest BCUT2D eigenvalue weighted by Crippen LogP contribution is 2.27. The molecule has 1 heterocycles. The number of benzene rings is 1. The fourth-order valence-electron chi connectivity index (χ4n) is 1.81. The summed E-state index contributed by atoms with van der Waals surface area (Å²) < 4.78 is 38.4. The van der Waals surface area contributed by atoms with Gasteiger partial charge in [-0.2, -0.15) is 4.31 Å². The lowest BCUT2D eigenvalue weighted by Gasteiger charge is -2.25. The number of nitrogens with zero attached hydrogens (tertiary/aromatic N) is 2. The van der Waals surface area contributed by atoms with Gasteiger partial charge in [-0.1, -0.05) is 0 Å². The molecule has 108 valence electrons. The molecule has 1 aromatic rings.